The van der Waals surface area contributed by atoms with Crippen LogP contribution in [0.15, 0.2) is 323 Å². The van der Waals surface area contributed by atoms with Crippen molar-refractivity contribution >= 4 is 0 Å². The van der Waals surface area contributed by atoms with Gasteiger partial charge in [-0.2, -0.15) is 0 Å². The minimum Gasteiger partial charge on any atom is -0.373 e. The fourth-order valence-corrected chi connectivity index (χ4v) is 14.6. The van der Waals surface area contributed by atoms with Crippen LogP contribution in [-0.4, -0.2) is 47.8 Å². The number of para-hydroxylation sites is 4. The van der Waals surface area contributed by atoms with Crippen molar-refractivity contribution in [2.75, 3.05) is 0 Å². The molecular weight excluding hydrogens is 2450 g/mol. The molecule has 17 aromatic rings. The second-order valence-corrected chi connectivity index (χ2v) is 32.9. The Morgan fingerprint density at radius 3 is 1.01 bits per heavy atom. The third kappa shape index (κ3) is 24.3. The fraction of sp³-hybridized carbons (Fsp3) is 0.179. The van der Waals surface area contributed by atoms with Gasteiger partial charge in [-0.1, -0.05) is 266 Å². The number of aromatic nitrogens is 10. The number of rotatable bonds is 14. The summed E-state index contributed by atoms with van der Waals surface area (Å²) < 4.78 is 65.3. The first-order valence-electron chi connectivity index (χ1n) is 40.2. The summed E-state index contributed by atoms with van der Waals surface area (Å²) >= 11 is 0. The summed E-state index contributed by atoms with van der Waals surface area (Å²) in [5, 5.41) is 0. The van der Waals surface area contributed by atoms with Crippen LogP contribution in [0, 0.1) is 53.6 Å². The molecule has 5 aromatic heterocycles. The van der Waals surface area contributed by atoms with Crippen molar-refractivity contribution in [3.63, 3.8) is 0 Å². The Morgan fingerprint density at radius 1 is 0.296 bits per heavy atom. The van der Waals surface area contributed by atoms with Crippen LogP contribution < -0.4 is 0 Å². The maximum absolute atomic E-state index is 14.3. The van der Waals surface area contributed by atoms with E-state index in [9.17, 15) is 17.6 Å². The van der Waals surface area contributed by atoms with Gasteiger partial charge < -0.3 is 22.8 Å². The molecular formula is C106H97F4Ir5N10-5. The van der Waals surface area contributed by atoms with Crippen LogP contribution in [-0.2, 0) is 124 Å². The molecule has 0 aliphatic carbocycles. The summed E-state index contributed by atoms with van der Waals surface area (Å²) in [6.45, 7) is 27.1. The molecule has 0 unspecified atom stereocenters. The molecule has 10 nitrogen and oxygen atoms in total. The Labute approximate surface area is 801 Å². The van der Waals surface area contributed by atoms with Crippen LogP contribution in [0.1, 0.15) is 130 Å². The third-order valence-corrected chi connectivity index (χ3v) is 20.5. The van der Waals surface area contributed by atoms with Crippen LogP contribution in [0.3, 0.4) is 0 Å². The number of nitrogens with zero attached hydrogens (tertiary/aromatic N) is 10. The molecule has 17 rings (SSSR count). The molecule has 0 amide bonds. The number of hydrogen-bond donors (Lipinski definition) is 0. The maximum atomic E-state index is 14.3. The van der Waals surface area contributed by atoms with Crippen molar-refractivity contribution < 1.29 is 118 Å². The van der Waals surface area contributed by atoms with Gasteiger partial charge in [0.15, 0.2) is 0 Å². The fourth-order valence-electron chi connectivity index (χ4n) is 14.6. The predicted molar refractivity (Wildman–Crippen MR) is 479 cm³/mol. The zero-order valence-electron chi connectivity index (χ0n) is 71.9. The molecule has 19 heteroatoms. The van der Waals surface area contributed by atoms with Gasteiger partial charge in [-0.15, -0.1) is 153 Å². The van der Waals surface area contributed by atoms with E-state index in [0.29, 0.717) is 5.92 Å². The van der Waals surface area contributed by atoms with E-state index in [-0.39, 0.29) is 146 Å². The van der Waals surface area contributed by atoms with Gasteiger partial charge in [0.25, 0.3) is 0 Å². The quantitative estimate of drug-likeness (QED) is 0.0799. The first-order valence-corrected chi connectivity index (χ1v) is 40.2. The summed E-state index contributed by atoms with van der Waals surface area (Å²) in [7, 11) is 1.92. The average Bonchev–Trinajstić information content (AvgIpc) is 1.72. The van der Waals surface area contributed by atoms with Crippen LogP contribution in [0.2, 0.25) is 0 Å². The van der Waals surface area contributed by atoms with E-state index in [1.54, 1.807) is 49.1 Å². The Bertz CT molecular complexity index is 6210. The van der Waals surface area contributed by atoms with Crippen molar-refractivity contribution in [1.82, 2.24) is 47.8 Å². The molecule has 5 heterocycles. The summed E-state index contributed by atoms with van der Waals surface area (Å²) in [4.78, 5) is 22.6. The predicted octanol–water partition coefficient (Wildman–Crippen LogP) is 26.9. The number of benzene rings is 12. The van der Waals surface area contributed by atoms with Gasteiger partial charge in [0.1, 0.15) is 0 Å². The summed E-state index contributed by atoms with van der Waals surface area (Å²) in [6.07, 6.45) is 18.6. The van der Waals surface area contributed by atoms with E-state index >= 15 is 0 Å². The molecule has 0 spiro atoms. The van der Waals surface area contributed by atoms with Crippen LogP contribution >= 0.6 is 0 Å². The average molecular weight is 2550 g/mol. The van der Waals surface area contributed by atoms with E-state index in [2.05, 4.69) is 249 Å². The second-order valence-electron chi connectivity index (χ2n) is 32.9. The monoisotopic (exact) mass is 2550 g/mol. The van der Waals surface area contributed by atoms with E-state index in [1.807, 2.05) is 170 Å². The molecule has 5 radical (unpaired) electrons. The van der Waals surface area contributed by atoms with Crippen molar-refractivity contribution in [2.45, 2.75) is 118 Å². The summed E-state index contributed by atoms with van der Waals surface area (Å²) in [5.74, 6) is 3.65. The number of imidazole rings is 5. The van der Waals surface area contributed by atoms with Gasteiger partial charge in [-0.3, -0.25) is 42.5 Å². The Hall–Kier alpha value is -10.3. The Kier molecular flexibility index (Phi) is 36.2. The molecule has 0 fully saturated rings. The first kappa shape index (κ1) is 100. The molecule has 12 aromatic carbocycles. The van der Waals surface area contributed by atoms with E-state index < -0.39 is 0 Å². The van der Waals surface area contributed by atoms with Crippen molar-refractivity contribution in [2.24, 2.45) is 7.05 Å². The van der Waals surface area contributed by atoms with Gasteiger partial charge in [0.2, 0.25) is 0 Å². The molecule has 0 atom stereocenters. The van der Waals surface area contributed by atoms with Gasteiger partial charge in [-0.05, 0) is 63.3 Å². The van der Waals surface area contributed by atoms with Gasteiger partial charge in [0, 0.05) is 227 Å². The number of hydrogen-bond acceptors (Lipinski definition) is 5. The molecule has 0 saturated carbocycles. The smallest absolute Gasteiger partial charge is 0.0606 e. The minimum atomic E-state index is -0.290. The normalized spacial score (nSPS) is 10.9. The molecule has 0 aliphatic heterocycles. The van der Waals surface area contributed by atoms with E-state index in [0.717, 1.165) is 135 Å². The van der Waals surface area contributed by atoms with E-state index in [4.69, 9.17) is 4.98 Å². The van der Waals surface area contributed by atoms with Gasteiger partial charge in [0.05, 0.1) is 34.8 Å². The molecule has 649 valence electrons. The summed E-state index contributed by atoms with van der Waals surface area (Å²) in [6, 6.07) is 99.5. The zero-order chi connectivity index (χ0) is 84.8. The van der Waals surface area contributed by atoms with Crippen molar-refractivity contribution in [3.8, 4) is 113 Å². The zero-order valence-corrected chi connectivity index (χ0v) is 83.9. The van der Waals surface area contributed by atoms with Crippen LogP contribution in [0.5, 0.6) is 0 Å². The van der Waals surface area contributed by atoms with Gasteiger partial charge >= 0.3 is 0 Å². The molecule has 0 bridgehead atoms. The Balaban J connectivity index is 0.000000196. The molecule has 0 saturated heterocycles. The maximum Gasteiger partial charge on any atom is 0.0606 e. The standard InChI is InChI=1S/C31H26FN2.C25H22FN2.C19H18FN2.C18H17N2.C13H14FN2.5Ir/c1-31(2,3)28-21-24(32)17-18-27(28)30-33-19-20-34(30)29-25(22-11-6-4-7-12-22)15-10-16-26(29)23-13-8-5-9-14-23;1-25(2,3)22-17-19(26)13-14-21(22)24-27-15-16-28(24)23-12-8-7-11-20(23)18-9-5-4-6-10-18;1-19(2,3)17-13-14(20)9-10-16(17)18-21-11-12-22(18)15-7-5-4-6-8-15;1-14(2)16-10-6-7-11-17(16)18-19-12-13-20(18)15-8-4-3-5-9-15;1-9(2)12-8-10(14)4-5-11(12)13-15-6-7-16(13)3;;;;;/h4-17,19-21H,1-3H3;4-13,15-17H,1-3H3;4-9,11-13H,1-3H3;3-10,12-14H,1-2H3;4,6-9H,1-3H3;;;;;/q5*-1;;;;;. The topological polar surface area (TPSA) is 89.1 Å². The number of halogens is 4. The Morgan fingerprint density at radius 2 is 0.608 bits per heavy atom. The minimum absolute atomic E-state index is 0. The largest absolute Gasteiger partial charge is 0.373 e. The molecule has 0 N–H and O–H groups in total. The first-order chi connectivity index (χ1) is 57.7. The SMILES string of the molecule is CC(C)(C)c1cc(F)c[c-]c1-c1nccn1-c1c(-c2ccccc2)cccc1-c1ccccc1.CC(C)(C)c1cc(F)c[c-]c1-c1nccn1-c1ccccc1.CC(C)(C)c1cc(F)c[c-]c1-c1nccn1-c1ccccc1-c1ccccc1.CC(C)c1cc(F)c[c-]c1-c1nccn1C.CC(C)c1ccc[c-]c1-c1nccn1-c1ccccc1.[Ir].[Ir].[Ir].[Ir].[Ir]. The molecule has 125 heavy (non-hydrogen) atoms. The van der Waals surface area contributed by atoms with Crippen LogP contribution in [0.4, 0.5) is 17.6 Å². The second kappa shape index (κ2) is 45.2. The number of aryl methyl sites for hydroxylation is 1. The molecule has 0 aliphatic rings. The summed E-state index contributed by atoms with van der Waals surface area (Å²) in [5.41, 5.74) is 19.5. The van der Waals surface area contributed by atoms with Gasteiger partial charge in [-0.25, -0.2) is 0 Å². The third-order valence-electron chi connectivity index (χ3n) is 20.5. The van der Waals surface area contributed by atoms with Crippen molar-refractivity contribution in [3.05, 3.63) is 404 Å². The van der Waals surface area contributed by atoms with E-state index in [1.165, 1.54) is 29.8 Å². The van der Waals surface area contributed by atoms with Crippen molar-refractivity contribution in [1.29, 1.82) is 0 Å². The van der Waals surface area contributed by atoms with Crippen LogP contribution in [0.25, 0.3) is 113 Å².